The summed E-state index contributed by atoms with van der Waals surface area (Å²) in [7, 11) is 0. The Morgan fingerprint density at radius 3 is 1.83 bits per heavy atom. The standard InChI is InChI=1S/C3H8NO2/c1-3(2)4(5)6/h3,5H,1-2H3/q-1. The SMILES string of the molecule is CC(C)N([O-])O. The number of nitrogens with zero attached hydrogens (tertiary/aromatic N) is 1. The van der Waals surface area contributed by atoms with E-state index >= 15 is 0 Å². The summed E-state index contributed by atoms with van der Waals surface area (Å²) in [6.07, 6.45) is 0. The molecule has 0 aliphatic rings. The molecular formula is C3H8NO2-. The predicted octanol–water partition coefficient (Wildman–Crippen LogP) is 0.584. The van der Waals surface area contributed by atoms with Crippen molar-refractivity contribution in [2.24, 2.45) is 0 Å². The highest BCUT2D eigenvalue weighted by atomic mass is 16.8. The summed E-state index contributed by atoms with van der Waals surface area (Å²) in [5.74, 6) is 0. The lowest BCUT2D eigenvalue weighted by Gasteiger charge is -2.23. The first kappa shape index (κ1) is 5.88. The summed E-state index contributed by atoms with van der Waals surface area (Å²) < 4.78 is 0. The van der Waals surface area contributed by atoms with Crippen LogP contribution in [0.3, 0.4) is 0 Å². The third-order valence-corrected chi connectivity index (χ3v) is 0.442. The van der Waals surface area contributed by atoms with Crippen LogP contribution in [0.4, 0.5) is 0 Å². The summed E-state index contributed by atoms with van der Waals surface area (Å²) in [4.78, 5) is 0. The van der Waals surface area contributed by atoms with E-state index < -0.39 is 0 Å². The van der Waals surface area contributed by atoms with Crippen molar-refractivity contribution in [3.63, 3.8) is 0 Å². The van der Waals surface area contributed by atoms with Gasteiger partial charge < -0.3 is 10.4 Å². The van der Waals surface area contributed by atoms with Crippen LogP contribution in [0, 0.1) is 5.21 Å². The molecule has 0 unspecified atom stereocenters. The van der Waals surface area contributed by atoms with Crippen molar-refractivity contribution in [1.29, 1.82) is 0 Å². The molecule has 0 rings (SSSR count). The highest BCUT2D eigenvalue weighted by Gasteiger charge is 1.85. The number of hydroxylamine groups is 2. The molecule has 38 valence electrons. The van der Waals surface area contributed by atoms with Crippen molar-refractivity contribution >= 4 is 0 Å². The van der Waals surface area contributed by atoms with E-state index in [9.17, 15) is 5.21 Å². The van der Waals surface area contributed by atoms with Crippen LogP contribution in [0.5, 0.6) is 0 Å². The topological polar surface area (TPSA) is 46.5 Å². The van der Waals surface area contributed by atoms with E-state index in [1.165, 1.54) is 0 Å². The average molecular weight is 90.1 g/mol. The van der Waals surface area contributed by atoms with Gasteiger partial charge in [0.05, 0.1) is 0 Å². The Morgan fingerprint density at radius 2 is 1.83 bits per heavy atom. The van der Waals surface area contributed by atoms with Gasteiger partial charge in [0.15, 0.2) is 0 Å². The van der Waals surface area contributed by atoms with Gasteiger partial charge in [-0.3, -0.25) is 5.23 Å². The van der Waals surface area contributed by atoms with Gasteiger partial charge in [0.1, 0.15) is 0 Å². The number of hydrogen-bond acceptors (Lipinski definition) is 3. The van der Waals surface area contributed by atoms with Crippen molar-refractivity contribution < 1.29 is 5.21 Å². The summed E-state index contributed by atoms with van der Waals surface area (Å²) >= 11 is 0. The Hall–Kier alpha value is -0.120. The first-order valence-corrected chi connectivity index (χ1v) is 1.80. The van der Waals surface area contributed by atoms with Gasteiger partial charge in [0.25, 0.3) is 0 Å². The number of hydrogen-bond donors (Lipinski definition) is 1. The Balaban J connectivity index is 2.99. The fraction of sp³-hybridized carbons (Fsp3) is 1.00. The molecule has 0 fully saturated rings. The maximum atomic E-state index is 9.62. The zero-order chi connectivity index (χ0) is 5.15. The molecule has 0 saturated carbocycles. The van der Waals surface area contributed by atoms with E-state index in [1.807, 2.05) is 0 Å². The van der Waals surface area contributed by atoms with E-state index in [0.717, 1.165) is 0 Å². The lowest BCUT2D eigenvalue weighted by Crippen LogP contribution is -2.19. The minimum absolute atomic E-state index is 0.0833. The average Bonchev–Trinajstić information content (AvgIpc) is 1.36. The molecule has 0 amide bonds. The van der Waals surface area contributed by atoms with Crippen LogP contribution >= 0.6 is 0 Å². The summed E-state index contributed by atoms with van der Waals surface area (Å²) in [5, 5.41) is 17.4. The minimum Gasteiger partial charge on any atom is -0.762 e. The van der Waals surface area contributed by atoms with Crippen molar-refractivity contribution in [2.75, 3.05) is 0 Å². The van der Waals surface area contributed by atoms with E-state index in [2.05, 4.69) is 0 Å². The summed E-state index contributed by atoms with van der Waals surface area (Å²) in [6.45, 7) is 3.21. The van der Waals surface area contributed by atoms with Crippen LogP contribution in [0.15, 0.2) is 0 Å². The second kappa shape index (κ2) is 2.12. The van der Waals surface area contributed by atoms with Crippen LogP contribution in [0.25, 0.3) is 0 Å². The van der Waals surface area contributed by atoms with E-state index in [4.69, 9.17) is 5.21 Å². The van der Waals surface area contributed by atoms with Gasteiger partial charge in [-0.15, -0.1) is 0 Å². The highest BCUT2D eigenvalue weighted by molar-refractivity contribution is 4.46. The highest BCUT2D eigenvalue weighted by Crippen LogP contribution is 1.85. The maximum Gasteiger partial charge on any atom is 0.0160 e. The van der Waals surface area contributed by atoms with Crippen LogP contribution in [-0.4, -0.2) is 16.5 Å². The largest absolute Gasteiger partial charge is 0.762 e. The van der Waals surface area contributed by atoms with E-state index in [0.29, 0.717) is 0 Å². The normalized spacial score (nSPS) is 11.0. The molecule has 6 heavy (non-hydrogen) atoms. The summed E-state index contributed by atoms with van der Waals surface area (Å²) in [5.41, 5.74) is 0. The molecule has 0 aromatic rings. The monoisotopic (exact) mass is 90.1 g/mol. The molecule has 0 heterocycles. The molecule has 1 N–H and O–H groups in total. The van der Waals surface area contributed by atoms with Crippen LogP contribution < -0.4 is 0 Å². The van der Waals surface area contributed by atoms with Gasteiger partial charge in [0.2, 0.25) is 0 Å². The third-order valence-electron chi connectivity index (χ3n) is 0.442. The molecule has 0 aromatic heterocycles. The molecule has 0 atom stereocenters. The van der Waals surface area contributed by atoms with Crippen LogP contribution in [0.1, 0.15) is 13.8 Å². The molecule has 0 aliphatic heterocycles. The first-order chi connectivity index (χ1) is 2.64. The molecule has 0 saturated heterocycles. The molecule has 0 aliphatic carbocycles. The first-order valence-electron chi connectivity index (χ1n) is 1.80. The maximum absolute atomic E-state index is 9.62. The molecule has 0 radical (unpaired) electrons. The Kier molecular flexibility index (Phi) is 2.08. The van der Waals surface area contributed by atoms with E-state index in [-0.39, 0.29) is 11.3 Å². The Morgan fingerprint density at radius 1 is 1.67 bits per heavy atom. The van der Waals surface area contributed by atoms with Crippen molar-refractivity contribution in [3.8, 4) is 0 Å². The zero-order valence-electron chi connectivity index (χ0n) is 3.88. The fourth-order valence-corrected chi connectivity index (χ4v) is 0. The quantitative estimate of drug-likeness (QED) is 0.479. The van der Waals surface area contributed by atoms with Crippen molar-refractivity contribution in [2.45, 2.75) is 19.9 Å². The van der Waals surface area contributed by atoms with Gasteiger partial charge in [-0.1, -0.05) is 0 Å². The Labute approximate surface area is 36.7 Å². The van der Waals surface area contributed by atoms with Crippen molar-refractivity contribution in [3.05, 3.63) is 5.21 Å². The van der Waals surface area contributed by atoms with Gasteiger partial charge in [0, 0.05) is 6.04 Å². The molecule has 0 spiro atoms. The fourth-order valence-electron chi connectivity index (χ4n) is 0. The third kappa shape index (κ3) is 2.14. The molecule has 3 nitrogen and oxygen atoms in total. The minimum atomic E-state index is -0.315. The lowest BCUT2D eigenvalue weighted by atomic mass is 10.4. The lowest BCUT2D eigenvalue weighted by molar-refractivity contribution is -0.0674. The second-order valence-electron chi connectivity index (χ2n) is 1.40. The number of rotatable bonds is 1. The van der Waals surface area contributed by atoms with Crippen LogP contribution in [-0.2, 0) is 0 Å². The van der Waals surface area contributed by atoms with Gasteiger partial charge in [-0.25, -0.2) is 0 Å². The Bertz CT molecular complexity index is 29.8. The zero-order valence-corrected chi connectivity index (χ0v) is 3.88. The summed E-state index contributed by atoms with van der Waals surface area (Å²) in [6, 6.07) is -0.315. The predicted molar refractivity (Wildman–Crippen MR) is 22.1 cm³/mol. The van der Waals surface area contributed by atoms with Gasteiger partial charge in [-0.2, -0.15) is 0 Å². The molecule has 0 aromatic carbocycles. The second-order valence-corrected chi connectivity index (χ2v) is 1.40. The molecule has 0 bridgehead atoms. The smallest absolute Gasteiger partial charge is 0.0160 e. The van der Waals surface area contributed by atoms with E-state index in [1.54, 1.807) is 13.8 Å². The van der Waals surface area contributed by atoms with Crippen LogP contribution in [0.2, 0.25) is 0 Å². The molecule has 3 heteroatoms. The van der Waals surface area contributed by atoms with Gasteiger partial charge >= 0.3 is 0 Å². The van der Waals surface area contributed by atoms with Gasteiger partial charge in [-0.05, 0) is 13.8 Å². The molecular weight excluding hydrogens is 82.0 g/mol. The van der Waals surface area contributed by atoms with Crippen molar-refractivity contribution in [1.82, 2.24) is 5.23 Å².